The Hall–Kier alpha value is -1.72. The predicted octanol–water partition coefficient (Wildman–Crippen LogP) is 3.89. The number of nitro benzene ring substituents is 1. The van der Waals surface area contributed by atoms with Crippen molar-refractivity contribution in [1.29, 1.82) is 0 Å². The summed E-state index contributed by atoms with van der Waals surface area (Å²) in [4.78, 5) is 23.8. The Balaban J connectivity index is 2.97. The van der Waals surface area contributed by atoms with Gasteiger partial charge >= 0.3 is 0 Å². The van der Waals surface area contributed by atoms with Gasteiger partial charge in [-0.2, -0.15) is 4.99 Å². The zero-order valence-electron chi connectivity index (χ0n) is 10.4. The van der Waals surface area contributed by atoms with E-state index < -0.39 is 4.92 Å². The minimum Gasteiger partial charge on any atom is -0.492 e. The second-order valence-corrected chi connectivity index (χ2v) is 4.64. The van der Waals surface area contributed by atoms with Crippen LogP contribution in [0.4, 0.5) is 11.4 Å². The first kappa shape index (κ1) is 15.3. The topological polar surface area (TPSA) is 81.8 Å². The molecule has 0 atom stereocenters. The van der Waals surface area contributed by atoms with E-state index in [1.807, 2.05) is 0 Å². The fraction of sp³-hybridized carbons (Fsp3) is 0.417. The molecule has 1 aromatic rings. The SMILES string of the molecule is CCCCCOc1cc(N=C=O)c([N+](=O)[O-])cc1Br. The van der Waals surface area contributed by atoms with Crippen molar-refractivity contribution in [3.05, 3.63) is 26.7 Å². The second-order valence-electron chi connectivity index (χ2n) is 3.79. The molecule has 0 aliphatic carbocycles. The summed E-state index contributed by atoms with van der Waals surface area (Å²) in [5, 5.41) is 10.8. The molecule has 0 spiro atoms. The van der Waals surface area contributed by atoms with Crippen molar-refractivity contribution >= 4 is 33.4 Å². The van der Waals surface area contributed by atoms with Crippen molar-refractivity contribution in [3.63, 3.8) is 0 Å². The highest BCUT2D eigenvalue weighted by Crippen LogP contribution is 2.37. The zero-order valence-corrected chi connectivity index (χ0v) is 12.0. The highest BCUT2D eigenvalue weighted by Gasteiger charge is 2.17. The molecule has 0 saturated heterocycles. The normalized spacial score (nSPS) is 9.79. The van der Waals surface area contributed by atoms with E-state index in [4.69, 9.17) is 4.74 Å². The molecule has 6 nitrogen and oxygen atoms in total. The maximum Gasteiger partial charge on any atom is 0.297 e. The molecule has 0 fully saturated rings. The second kappa shape index (κ2) is 7.66. The number of nitrogens with zero attached hydrogens (tertiary/aromatic N) is 2. The quantitative estimate of drug-likeness (QED) is 0.250. The number of hydrogen-bond donors (Lipinski definition) is 0. The number of halogens is 1. The number of hydrogen-bond acceptors (Lipinski definition) is 5. The Bertz CT molecular complexity index is 513. The van der Waals surface area contributed by atoms with E-state index in [1.165, 1.54) is 18.2 Å². The van der Waals surface area contributed by atoms with Crippen molar-refractivity contribution in [2.24, 2.45) is 4.99 Å². The molecule has 1 rings (SSSR count). The fourth-order valence-electron chi connectivity index (χ4n) is 1.46. The molecule has 0 amide bonds. The van der Waals surface area contributed by atoms with Crippen LogP contribution >= 0.6 is 15.9 Å². The molecule has 0 aromatic heterocycles. The number of nitro groups is 1. The minimum atomic E-state index is -0.609. The van der Waals surface area contributed by atoms with Crippen LogP contribution in [0.5, 0.6) is 5.75 Å². The Kier molecular flexibility index (Phi) is 6.18. The van der Waals surface area contributed by atoms with Gasteiger partial charge in [-0.3, -0.25) is 10.1 Å². The summed E-state index contributed by atoms with van der Waals surface area (Å²) in [6.45, 7) is 2.59. The summed E-state index contributed by atoms with van der Waals surface area (Å²) in [6.07, 6.45) is 4.32. The van der Waals surface area contributed by atoms with E-state index in [0.717, 1.165) is 19.3 Å². The van der Waals surface area contributed by atoms with E-state index >= 15 is 0 Å². The van der Waals surface area contributed by atoms with Gasteiger partial charge < -0.3 is 4.74 Å². The van der Waals surface area contributed by atoms with Crippen LogP contribution in [0, 0.1) is 10.1 Å². The summed E-state index contributed by atoms with van der Waals surface area (Å²) in [5.41, 5.74) is -0.329. The average Bonchev–Trinajstić information content (AvgIpc) is 2.37. The lowest BCUT2D eigenvalue weighted by Crippen LogP contribution is -1.98. The van der Waals surface area contributed by atoms with Gasteiger partial charge in [-0.1, -0.05) is 19.8 Å². The van der Waals surface area contributed by atoms with Gasteiger partial charge in [-0.15, -0.1) is 0 Å². The third-order valence-electron chi connectivity index (χ3n) is 2.40. The first-order chi connectivity index (χ1) is 9.10. The third kappa shape index (κ3) is 4.46. The van der Waals surface area contributed by atoms with E-state index in [-0.39, 0.29) is 11.4 Å². The zero-order chi connectivity index (χ0) is 14.3. The van der Waals surface area contributed by atoms with Gasteiger partial charge in [0.15, 0.2) is 5.69 Å². The number of rotatable bonds is 7. The number of isocyanates is 1. The van der Waals surface area contributed by atoms with E-state index in [2.05, 4.69) is 27.8 Å². The largest absolute Gasteiger partial charge is 0.492 e. The van der Waals surface area contributed by atoms with Crippen molar-refractivity contribution in [2.75, 3.05) is 6.61 Å². The predicted molar refractivity (Wildman–Crippen MR) is 73.6 cm³/mol. The number of unbranched alkanes of at least 4 members (excludes halogenated alkanes) is 2. The van der Waals surface area contributed by atoms with Crippen molar-refractivity contribution in [1.82, 2.24) is 0 Å². The minimum absolute atomic E-state index is 0.0614. The van der Waals surface area contributed by atoms with Gasteiger partial charge in [0.1, 0.15) is 5.75 Å². The van der Waals surface area contributed by atoms with Gasteiger partial charge in [0.05, 0.1) is 16.0 Å². The third-order valence-corrected chi connectivity index (χ3v) is 3.02. The summed E-state index contributed by atoms with van der Waals surface area (Å²) >= 11 is 3.20. The molecule has 7 heteroatoms. The molecular weight excluding hydrogens is 316 g/mol. The highest BCUT2D eigenvalue weighted by molar-refractivity contribution is 9.10. The van der Waals surface area contributed by atoms with Crippen LogP contribution < -0.4 is 4.74 Å². The monoisotopic (exact) mass is 328 g/mol. The highest BCUT2D eigenvalue weighted by atomic mass is 79.9. The molecular formula is C12H13BrN2O4. The van der Waals surface area contributed by atoms with Crippen molar-refractivity contribution in [3.8, 4) is 5.75 Å². The first-order valence-electron chi connectivity index (χ1n) is 5.78. The van der Waals surface area contributed by atoms with Crippen LogP contribution in [-0.2, 0) is 4.79 Å². The van der Waals surface area contributed by atoms with Crippen molar-refractivity contribution in [2.45, 2.75) is 26.2 Å². The molecule has 0 N–H and O–H groups in total. The van der Waals surface area contributed by atoms with Crippen molar-refractivity contribution < 1.29 is 14.5 Å². The maximum absolute atomic E-state index is 10.8. The number of benzene rings is 1. The Labute approximate surface area is 118 Å². The van der Waals surface area contributed by atoms with E-state index in [1.54, 1.807) is 0 Å². The van der Waals surface area contributed by atoms with Gasteiger partial charge in [-0.05, 0) is 22.4 Å². The lowest BCUT2D eigenvalue weighted by Gasteiger charge is -2.08. The molecule has 19 heavy (non-hydrogen) atoms. The number of ether oxygens (including phenoxy) is 1. The van der Waals surface area contributed by atoms with Crippen LogP contribution in [0.25, 0.3) is 0 Å². The van der Waals surface area contributed by atoms with Crippen LogP contribution in [-0.4, -0.2) is 17.6 Å². The molecule has 1 aromatic carbocycles. The van der Waals surface area contributed by atoms with Crippen LogP contribution in [0.3, 0.4) is 0 Å². The van der Waals surface area contributed by atoms with Gasteiger partial charge in [-0.25, -0.2) is 4.79 Å². The molecule has 102 valence electrons. The summed E-state index contributed by atoms with van der Waals surface area (Å²) in [7, 11) is 0. The van der Waals surface area contributed by atoms with Crippen LogP contribution in [0.1, 0.15) is 26.2 Å². The first-order valence-corrected chi connectivity index (χ1v) is 6.58. The lowest BCUT2D eigenvalue weighted by molar-refractivity contribution is -0.384. The Morgan fingerprint density at radius 2 is 2.21 bits per heavy atom. The molecule has 0 aliphatic heterocycles. The molecule has 0 radical (unpaired) electrons. The fourth-order valence-corrected chi connectivity index (χ4v) is 1.91. The lowest BCUT2D eigenvalue weighted by atomic mass is 10.2. The molecule has 0 heterocycles. The number of carbonyl (C=O) groups excluding carboxylic acids is 1. The smallest absolute Gasteiger partial charge is 0.297 e. The molecule has 0 saturated carbocycles. The molecule has 0 bridgehead atoms. The number of aliphatic imine (C=N–C) groups is 1. The standard InChI is InChI=1S/C12H13BrN2O4/c1-2-3-4-5-19-12-7-10(14-8-16)11(15(17)18)6-9(12)13/h6-7H,2-5H2,1H3. The molecule has 0 unspecified atom stereocenters. The van der Waals surface area contributed by atoms with Gasteiger partial charge in [0, 0.05) is 12.1 Å². The van der Waals surface area contributed by atoms with Crippen LogP contribution in [0.15, 0.2) is 21.6 Å². The molecule has 0 aliphatic rings. The summed E-state index contributed by atoms with van der Waals surface area (Å²) in [5.74, 6) is 0.427. The summed E-state index contributed by atoms with van der Waals surface area (Å²) in [6, 6.07) is 2.63. The van der Waals surface area contributed by atoms with Gasteiger partial charge in [0.2, 0.25) is 6.08 Å². The average molecular weight is 329 g/mol. The van der Waals surface area contributed by atoms with Gasteiger partial charge in [0.25, 0.3) is 5.69 Å². The maximum atomic E-state index is 10.8. The Morgan fingerprint density at radius 1 is 1.47 bits per heavy atom. The van der Waals surface area contributed by atoms with Crippen LogP contribution in [0.2, 0.25) is 0 Å². The summed E-state index contributed by atoms with van der Waals surface area (Å²) < 4.78 is 5.96. The van der Waals surface area contributed by atoms with E-state index in [9.17, 15) is 14.9 Å². The van der Waals surface area contributed by atoms with E-state index in [0.29, 0.717) is 16.8 Å². The Morgan fingerprint density at radius 3 is 2.79 bits per heavy atom.